The molecule has 0 aliphatic carbocycles. The first kappa shape index (κ1) is 27.2. The van der Waals surface area contributed by atoms with Crippen LogP contribution in [0.3, 0.4) is 0 Å². The smallest absolute Gasteiger partial charge is 0.376 e. The van der Waals surface area contributed by atoms with Gasteiger partial charge in [-0.2, -0.15) is 35.5 Å². The second kappa shape index (κ2) is 10.2. The number of rotatable bonds is 4. The average molecular weight is 561 g/mol. The molecule has 0 fully saturated rings. The van der Waals surface area contributed by atoms with Gasteiger partial charge >= 0.3 is 22.2 Å². The van der Waals surface area contributed by atoms with Gasteiger partial charge < -0.3 is 14.1 Å². The molecule has 1 amide bonds. The second-order valence-corrected chi connectivity index (χ2v) is 10.1. The van der Waals surface area contributed by atoms with Crippen molar-refractivity contribution < 1.29 is 39.3 Å². The molecule has 3 aromatic heterocycles. The first-order valence-corrected chi connectivity index (χ1v) is 12.5. The number of hydrogen-bond donors (Lipinski definition) is 1. The molecule has 204 valence electrons. The topological polar surface area (TPSA) is 125 Å². The molecule has 2 atom stereocenters. The van der Waals surface area contributed by atoms with E-state index in [9.17, 15) is 40.0 Å². The minimum Gasteiger partial charge on any atom is -0.376 e. The number of carbonyl (C=O) groups excluding carboxylic acids is 1. The molecule has 16 heteroatoms. The molecule has 4 heterocycles. The van der Waals surface area contributed by atoms with Crippen LogP contribution in [0, 0.1) is 5.92 Å². The fourth-order valence-corrected chi connectivity index (χ4v) is 4.51. The van der Waals surface area contributed by atoms with Crippen LogP contribution in [0.15, 0.2) is 47.7 Å². The molecule has 10 nitrogen and oxygen atoms in total. The molecule has 4 rings (SSSR count). The molecule has 0 spiro atoms. The van der Waals surface area contributed by atoms with Crippen LogP contribution in [0.25, 0.3) is 11.3 Å². The number of pyridine rings is 2. The zero-order valence-corrected chi connectivity index (χ0v) is 20.3. The number of alkyl halides is 5. The number of nitrogens with one attached hydrogen (secondary N) is 1. The molecular weight excluding hydrogens is 541 g/mol. The minimum absolute atomic E-state index is 0.0565. The Morgan fingerprint density at radius 1 is 1.16 bits per heavy atom. The van der Waals surface area contributed by atoms with E-state index in [1.54, 1.807) is 6.92 Å². The lowest BCUT2D eigenvalue weighted by molar-refractivity contribution is -0.119. The predicted octanol–water partition coefficient (Wildman–Crippen LogP) is 4.08. The molecule has 38 heavy (non-hydrogen) atoms. The standard InChI is InChI=1S/C22H20F5N5O5S/c1-12-3-2-4-17(31-8-6-14(10-18(31)33)37-38(35,36)22(25,26)27)15-9-13(5-7-28-15)19-16(30-20(12)34)11-29-32(19)21(23)24/h5-12,17,21H,2-4H2,1H3,(H,30,34)/t12-,17+/m1/s1. The van der Waals surface area contributed by atoms with Gasteiger partial charge in [0.1, 0.15) is 5.75 Å². The maximum absolute atomic E-state index is 13.7. The monoisotopic (exact) mass is 561 g/mol. The highest BCUT2D eigenvalue weighted by atomic mass is 32.2. The van der Waals surface area contributed by atoms with Crippen molar-refractivity contribution in [1.82, 2.24) is 19.3 Å². The van der Waals surface area contributed by atoms with Gasteiger partial charge in [0, 0.05) is 29.9 Å². The Balaban J connectivity index is 1.80. The van der Waals surface area contributed by atoms with Crippen LogP contribution in [0.4, 0.5) is 27.6 Å². The van der Waals surface area contributed by atoms with Crippen LogP contribution < -0.4 is 15.1 Å². The lowest BCUT2D eigenvalue weighted by Gasteiger charge is -2.22. The highest BCUT2D eigenvalue weighted by Crippen LogP contribution is 2.35. The van der Waals surface area contributed by atoms with Crippen LogP contribution in [-0.2, 0) is 14.9 Å². The lowest BCUT2D eigenvalue weighted by atomic mass is 9.97. The Hall–Kier alpha value is -3.82. The van der Waals surface area contributed by atoms with Crippen LogP contribution in [0.5, 0.6) is 5.75 Å². The Labute approximate surface area is 212 Å². The molecule has 0 saturated carbocycles. The van der Waals surface area contributed by atoms with Crippen molar-refractivity contribution in [3.05, 3.63) is 58.9 Å². The maximum Gasteiger partial charge on any atom is 0.534 e. The molecular formula is C22H20F5N5O5S. The fourth-order valence-electron chi connectivity index (χ4n) is 4.06. The minimum atomic E-state index is -5.99. The first-order chi connectivity index (χ1) is 17.8. The van der Waals surface area contributed by atoms with Crippen LogP contribution in [0.2, 0.25) is 0 Å². The number of hydrogen-bond acceptors (Lipinski definition) is 7. The van der Waals surface area contributed by atoms with Gasteiger partial charge in [-0.1, -0.05) is 13.3 Å². The lowest BCUT2D eigenvalue weighted by Crippen LogP contribution is -2.30. The molecule has 1 N–H and O–H groups in total. The van der Waals surface area contributed by atoms with Crippen molar-refractivity contribution in [3.63, 3.8) is 0 Å². The Bertz CT molecular complexity index is 1520. The number of anilines is 1. The zero-order chi connectivity index (χ0) is 27.8. The summed E-state index contributed by atoms with van der Waals surface area (Å²) in [6.07, 6.45) is 4.46. The summed E-state index contributed by atoms with van der Waals surface area (Å²) in [5.41, 5.74) is -6.14. The van der Waals surface area contributed by atoms with Gasteiger partial charge in [-0.3, -0.25) is 14.6 Å². The van der Waals surface area contributed by atoms with Crippen molar-refractivity contribution in [1.29, 1.82) is 0 Å². The predicted molar refractivity (Wildman–Crippen MR) is 123 cm³/mol. The zero-order valence-electron chi connectivity index (χ0n) is 19.5. The van der Waals surface area contributed by atoms with E-state index < -0.39 is 51.4 Å². The molecule has 3 aromatic rings. The summed E-state index contributed by atoms with van der Waals surface area (Å²) >= 11 is 0. The Morgan fingerprint density at radius 2 is 1.89 bits per heavy atom. The summed E-state index contributed by atoms with van der Waals surface area (Å²) < 4.78 is 93.6. The molecule has 0 aromatic carbocycles. The van der Waals surface area contributed by atoms with Gasteiger partial charge in [-0.25, -0.2) is 4.68 Å². The highest BCUT2D eigenvalue weighted by Gasteiger charge is 2.48. The van der Waals surface area contributed by atoms with E-state index in [-0.39, 0.29) is 29.1 Å². The third-order valence-electron chi connectivity index (χ3n) is 5.94. The molecule has 1 aliphatic heterocycles. The van der Waals surface area contributed by atoms with E-state index in [4.69, 9.17) is 0 Å². The molecule has 0 unspecified atom stereocenters. The third kappa shape index (κ3) is 5.39. The van der Waals surface area contributed by atoms with Gasteiger partial charge in [-0.05, 0) is 31.0 Å². The second-order valence-electron chi connectivity index (χ2n) is 8.53. The van der Waals surface area contributed by atoms with Gasteiger partial charge in [0.2, 0.25) is 5.91 Å². The van der Waals surface area contributed by atoms with E-state index in [0.717, 1.165) is 23.0 Å². The van der Waals surface area contributed by atoms with Gasteiger partial charge in [0.15, 0.2) is 0 Å². The molecule has 0 radical (unpaired) electrons. The van der Waals surface area contributed by atoms with E-state index in [1.807, 2.05) is 0 Å². The molecule has 1 aliphatic rings. The molecule has 2 bridgehead atoms. The average Bonchev–Trinajstić information content (AvgIpc) is 3.25. The van der Waals surface area contributed by atoms with E-state index >= 15 is 0 Å². The summed E-state index contributed by atoms with van der Waals surface area (Å²) in [5, 5.41) is 6.31. The number of carbonyl (C=O) groups is 1. The quantitative estimate of drug-likeness (QED) is 0.289. The number of nitrogens with zero attached hydrogens (tertiary/aromatic N) is 4. The number of halogens is 5. The van der Waals surface area contributed by atoms with Crippen molar-refractivity contribution in [2.45, 2.75) is 44.3 Å². The summed E-state index contributed by atoms with van der Waals surface area (Å²) in [5.74, 6) is -1.80. The van der Waals surface area contributed by atoms with E-state index in [2.05, 4.69) is 19.6 Å². The summed E-state index contributed by atoms with van der Waals surface area (Å²) in [6.45, 7) is -1.39. The Kier molecular flexibility index (Phi) is 7.27. The highest BCUT2D eigenvalue weighted by molar-refractivity contribution is 7.88. The number of fused-ring (bicyclic) bond motifs is 4. The maximum atomic E-state index is 13.7. The van der Waals surface area contributed by atoms with Crippen molar-refractivity contribution in [2.75, 3.05) is 5.32 Å². The van der Waals surface area contributed by atoms with E-state index in [0.29, 0.717) is 23.6 Å². The van der Waals surface area contributed by atoms with Crippen molar-refractivity contribution in [3.8, 4) is 17.0 Å². The van der Waals surface area contributed by atoms with Crippen LogP contribution in [-0.4, -0.2) is 39.2 Å². The summed E-state index contributed by atoms with van der Waals surface area (Å²) in [7, 11) is -5.99. The number of amides is 1. The normalized spacial score (nSPS) is 18.8. The van der Waals surface area contributed by atoms with Gasteiger partial charge in [0.25, 0.3) is 5.56 Å². The largest absolute Gasteiger partial charge is 0.534 e. The van der Waals surface area contributed by atoms with Gasteiger partial charge in [0.05, 0.1) is 29.3 Å². The third-order valence-corrected chi connectivity index (χ3v) is 6.92. The Morgan fingerprint density at radius 3 is 2.55 bits per heavy atom. The van der Waals surface area contributed by atoms with E-state index in [1.165, 1.54) is 18.3 Å². The van der Waals surface area contributed by atoms with Crippen molar-refractivity contribution >= 4 is 21.7 Å². The summed E-state index contributed by atoms with van der Waals surface area (Å²) in [4.78, 5) is 29.8. The summed E-state index contributed by atoms with van der Waals surface area (Å²) in [6, 6.07) is 3.49. The van der Waals surface area contributed by atoms with Gasteiger partial charge in [-0.15, -0.1) is 0 Å². The number of aromatic nitrogens is 4. The molecule has 0 saturated heterocycles. The fraction of sp³-hybridized carbons (Fsp3) is 0.364. The SMILES string of the molecule is C[C@@H]1CCC[C@H](n2ccc(OS(=O)(=O)C(F)(F)F)cc2=O)c2cc(ccn2)-c2c(cnn2C(F)F)NC1=O. The van der Waals surface area contributed by atoms with Crippen LogP contribution in [0.1, 0.15) is 44.5 Å². The first-order valence-electron chi connectivity index (χ1n) is 11.1. The van der Waals surface area contributed by atoms with Crippen LogP contribution >= 0.6 is 0 Å². The van der Waals surface area contributed by atoms with Crippen molar-refractivity contribution in [2.24, 2.45) is 5.92 Å².